The molecule has 1 aliphatic carbocycles. The third-order valence-corrected chi connectivity index (χ3v) is 7.10. The first-order valence-electron chi connectivity index (χ1n) is 11.6. The lowest BCUT2D eigenvalue weighted by Crippen LogP contribution is -2.41. The highest BCUT2D eigenvalue weighted by molar-refractivity contribution is 6.62. The van der Waals surface area contributed by atoms with Crippen LogP contribution in [0.2, 0.25) is 0 Å². The first kappa shape index (κ1) is 22.9. The summed E-state index contributed by atoms with van der Waals surface area (Å²) in [5, 5.41) is 15.5. The van der Waals surface area contributed by atoms with Crippen LogP contribution in [-0.2, 0) is 14.1 Å². The van der Waals surface area contributed by atoms with Crippen LogP contribution in [0.15, 0.2) is 35.5 Å². The molecule has 1 amide bonds. The van der Waals surface area contributed by atoms with Gasteiger partial charge in [-0.3, -0.25) is 10.2 Å². The van der Waals surface area contributed by atoms with Gasteiger partial charge < -0.3 is 24.8 Å². The van der Waals surface area contributed by atoms with E-state index >= 15 is 0 Å². The molecule has 0 atom stereocenters. The van der Waals surface area contributed by atoms with Gasteiger partial charge in [-0.2, -0.15) is 0 Å². The molecule has 0 unspecified atom stereocenters. The van der Waals surface area contributed by atoms with Crippen molar-refractivity contribution >= 4 is 30.0 Å². The molecule has 172 valence electrons. The second-order valence-corrected chi connectivity index (χ2v) is 10.2. The fraction of sp³-hybridized carbons (Fsp3) is 0.583. The van der Waals surface area contributed by atoms with Crippen molar-refractivity contribution in [2.75, 3.05) is 25.0 Å². The van der Waals surface area contributed by atoms with Crippen molar-refractivity contribution in [3.63, 3.8) is 0 Å². The number of benzene rings is 1. The number of nitrogens with zero attached hydrogens (tertiary/aromatic N) is 1. The molecule has 3 N–H and O–H groups in total. The standard InChI is InChI=1S/C24H35BN4O3/c1-16(30)29-13-12-21(27-14-17-6-7-17)20(15-29)22(26)28-19-10-8-18(9-11-19)25-31-23(2,3)24(4,5)32-25/h8-11,17,27H,6-7,12-15H2,1-5H3,(H2,26,28). The Morgan fingerprint density at radius 1 is 1.16 bits per heavy atom. The maximum atomic E-state index is 11.9. The lowest BCUT2D eigenvalue weighted by molar-refractivity contribution is -0.128. The van der Waals surface area contributed by atoms with Crippen LogP contribution in [0, 0.1) is 11.3 Å². The van der Waals surface area contributed by atoms with Crippen molar-refractivity contribution in [3.05, 3.63) is 35.5 Å². The molecule has 7 nitrogen and oxygen atoms in total. The maximum absolute atomic E-state index is 11.9. The summed E-state index contributed by atoms with van der Waals surface area (Å²) in [6.07, 6.45) is 3.31. The highest BCUT2D eigenvalue weighted by atomic mass is 16.7. The summed E-state index contributed by atoms with van der Waals surface area (Å²) in [5.74, 6) is 1.13. The maximum Gasteiger partial charge on any atom is 0.494 e. The third kappa shape index (κ3) is 4.86. The lowest BCUT2D eigenvalue weighted by atomic mass is 9.79. The monoisotopic (exact) mass is 438 g/mol. The minimum atomic E-state index is -0.406. The zero-order chi connectivity index (χ0) is 23.1. The minimum absolute atomic E-state index is 0.0447. The zero-order valence-electron chi connectivity index (χ0n) is 19.9. The number of amidine groups is 1. The van der Waals surface area contributed by atoms with Crippen LogP contribution in [0.1, 0.15) is 53.9 Å². The molecule has 2 fully saturated rings. The van der Waals surface area contributed by atoms with E-state index in [4.69, 9.17) is 14.7 Å². The van der Waals surface area contributed by atoms with Crippen LogP contribution in [0.5, 0.6) is 0 Å². The SMILES string of the molecule is CC(=O)N1CCC(NCC2CC2)=C(C(=N)Nc2ccc(B3OC(C)(C)C(C)(C)O3)cc2)C1. The quantitative estimate of drug-likeness (QED) is 0.361. The number of nitrogens with one attached hydrogen (secondary N) is 3. The van der Waals surface area contributed by atoms with Gasteiger partial charge in [-0.1, -0.05) is 12.1 Å². The summed E-state index contributed by atoms with van der Waals surface area (Å²) in [7, 11) is -0.406. The average molecular weight is 438 g/mol. The predicted octanol–water partition coefficient (Wildman–Crippen LogP) is 2.88. The van der Waals surface area contributed by atoms with Gasteiger partial charge in [0.05, 0.1) is 17.7 Å². The molecule has 3 aliphatic rings. The molecule has 8 heteroatoms. The third-order valence-electron chi connectivity index (χ3n) is 7.10. The number of rotatable bonds is 6. The molecule has 32 heavy (non-hydrogen) atoms. The molecular weight excluding hydrogens is 403 g/mol. The van der Waals surface area contributed by atoms with Gasteiger partial charge in [-0.15, -0.1) is 0 Å². The van der Waals surface area contributed by atoms with E-state index < -0.39 is 7.12 Å². The molecule has 0 bridgehead atoms. The highest BCUT2D eigenvalue weighted by Gasteiger charge is 2.51. The second kappa shape index (κ2) is 8.56. The molecule has 2 aliphatic heterocycles. The van der Waals surface area contributed by atoms with Crippen LogP contribution >= 0.6 is 0 Å². The van der Waals surface area contributed by atoms with E-state index in [0.717, 1.165) is 41.3 Å². The predicted molar refractivity (Wildman–Crippen MR) is 128 cm³/mol. The molecule has 0 spiro atoms. The molecule has 0 radical (unpaired) electrons. The van der Waals surface area contributed by atoms with Crippen molar-refractivity contribution < 1.29 is 14.1 Å². The molecular formula is C24H35BN4O3. The van der Waals surface area contributed by atoms with Crippen molar-refractivity contribution in [1.29, 1.82) is 5.41 Å². The molecule has 1 saturated carbocycles. The van der Waals surface area contributed by atoms with Gasteiger partial charge in [0.25, 0.3) is 0 Å². The second-order valence-electron chi connectivity index (χ2n) is 10.2. The van der Waals surface area contributed by atoms with Crippen LogP contribution < -0.4 is 16.1 Å². The topological polar surface area (TPSA) is 86.7 Å². The summed E-state index contributed by atoms with van der Waals surface area (Å²) in [6.45, 7) is 11.9. The number of carbonyl (C=O) groups excluding carboxylic acids is 1. The van der Waals surface area contributed by atoms with E-state index in [-0.39, 0.29) is 17.1 Å². The van der Waals surface area contributed by atoms with Crippen molar-refractivity contribution in [2.24, 2.45) is 5.92 Å². The number of carbonyl (C=O) groups is 1. The lowest BCUT2D eigenvalue weighted by Gasteiger charge is -2.32. The van der Waals surface area contributed by atoms with E-state index in [1.807, 2.05) is 52.0 Å². The summed E-state index contributed by atoms with van der Waals surface area (Å²) in [4.78, 5) is 13.7. The largest absolute Gasteiger partial charge is 0.494 e. The van der Waals surface area contributed by atoms with E-state index in [2.05, 4.69) is 10.6 Å². The Morgan fingerprint density at radius 2 is 1.78 bits per heavy atom. The Labute approximate surface area is 191 Å². The van der Waals surface area contributed by atoms with Gasteiger partial charge in [0.2, 0.25) is 5.91 Å². The smallest absolute Gasteiger partial charge is 0.399 e. The van der Waals surface area contributed by atoms with Gasteiger partial charge in [0, 0.05) is 43.4 Å². The van der Waals surface area contributed by atoms with Gasteiger partial charge in [0.15, 0.2) is 0 Å². The van der Waals surface area contributed by atoms with E-state index in [1.165, 1.54) is 12.8 Å². The number of anilines is 1. The van der Waals surface area contributed by atoms with Gasteiger partial charge in [-0.05, 0) is 64.1 Å². The van der Waals surface area contributed by atoms with E-state index in [0.29, 0.717) is 18.9 Å². The zero-order valence-corrected chi connectivity index (χ0v) is 19.9. The fourth-order valence-electron chi connectivity index (χ4n) is 3.97. The van der Waals surface area contributed by atoms with Crippen LogP contribution in [0.4, 0.5) is 5.69 Å². The summed E-state index contributed by atoms with van der Waals surface area (Å²) in [6, 6.07) is 7.83. The van der Waals surface area contributed by atoms with E-state index in [9.17, 15) is 4.79 Å². The Bertz CT molecular complexity index is 906. The first-order chi connectivity index (χ1) is 15.1. The van der Waals surface area contributed by atoms with Gasteiger partial charge in [-0.25, -0.2) is 0 Å². The van der Waals surface area contributed by atoms with Crippen molar-refractivity contribution in [3.8, 4) is 0 Å². The Balaban J connectivity index is 1.45. The van der Waals surface area contributed by atoms with Crippen molar-refractivity contribution in [2.45, 2.75) is 65.1 Å². The molecule has 0 aromatic heterocycles. The van der Waals surface area contributed by atoms with Crippen LogP contribution in [0.25, 0.3) is 0 Å². The Morgan fingerprint density at radius 3 is 2.34 bits per heavy atom. The van der Waals surface area contributed by atoms with Crippen LogP contribution in [0.3, 0.4) is 0 Å². The number of hydrogen-bond acceptors (Lipinski definition) is 5. The van der Waals surface area contributed by atoms with Crippen LogP contribution in [-0.4, -0.2) is 54.6 Å². The highest BCUT2D eigenvalue weighted by Crippen LogP contribution is 2.36. The summed E-state index contributed by atoms with van der Waals surface area (Å²) in [5.41, 5.74) is 2.96. The first-order valence-corrected chi connectivity index (χ1v) is 11.6. The molecule has 1 aromatic rings. The minimum Gasteiger partial charge on any atom is -0.399 e. The molecule has 1 saturated heterocycles. The Kier molecular flexibility index (Phi) is 6.11. The summed E-state index contributed by atoms with van der Waals surface area (Å²) >= 11 is 0. The van der Waals surface area contributed by atoms with Gasteiger partial charge >= 0.3 is 7.12 Å². The normalized spacial score (nSPS) is 22.2. The Hall–Kier alpha value is -2.32. The molecule has 1 aromatic carbocycles. The average Bonchev–Trinajstić information content (AvgIpc) is 3.52. The van der Waals surface area contributed by atoms with Crippen molar-refractivity contribution in [1.82, 2.24) is 10.2 Å². The molecule has 4 rings (SSSR count). The van der Waals surface area contributed by atoms with E-state index in [1.54, 1.807) is 11.8 Å². The molecule has 2 heterocycles. The number of amides is 1. The fourth-order valence-corrected chi connectivity index (χ4v) is 3.97. The van der Waals surface area contributed by atoms with Gasteiger partial charge in [0.1, 0.15) is 5.84 Å². The number of hydrogen-bond donors (Lipinski definition) is 3. The summed E-state index contributed by atoms with van der Waals surface area (Å²) < 4.78 is 12.3.